The number of rotatable bonds is 3. The van der Waals surface area contributed by atoms with E-state index in [9.17, 15) is 4.79 Å². The van der Waals surface area contributed by atoms with Gasteiger partial charge in [-0.1, -0.05) is 42.0 Å². The number of benzene rings is 2. The summed E-state index contributed by atoms with van der Waals surface area (Å²) in [4.78, 5) is 22.3. The number of carbonyl (C=O) groups is 1. The second-order valence-corrected chi connectivity index (χ2v) is 8.24. The summed E-state index contributed by atoms with van der Waals surface area (Å²) in [5, 5.41) is 0. The number of hydrogen-bond donors (Lipinski definition) is 0. The molecular weight excluding hydrogens is 350 g/mol. The SMILES string of the molecule is Cc1cccc(CN2CCC[C@@]3(CCN(c4nc5ccccc5o4)C3)C2=O)c1. The summed E-state index contributed by atoms with van der Waals surface area (Å²) < 4.78 is 5.95. The lowest BCUT2D eigenvalue weighted by Crippen LogP contribution is -2.49. The van der Waals surface area contributed by atoms with Gasteiger partial charge in [-0.3, -0.25) is 4.79 Å². The highest BCUT2D eigenvalue weighted by Gasteiger charge is 2.49. The monoisotopic (exact) mass is 375 g/mol. The minimum absolute atomic E-state index is 0.291. The van der Waals surface area contributed by atoms with Crippen LogP contribution in [0.2, 0.25) is 0 Å². The second-order valence-electron chi connectivity index (χ2n) is 8.24. The van der Waals surface area contributed by atoms with Gasteiger partial charge in [0.25, 0.3) is 6.01 Å². The van der Waals surface area contributed by atoms with E-state index in [0.29, 0.717) is 25.0 Å². The van der Waals surface area contributed by atoms with Gasteiger partial charge in [0.1, 0.15) is 5.52 Å². The fraction of sp³-hybridized carbons (Fsp3) is 0.391. The molecule has 3 heterocycles. The van der Waals surface area contributed by atoms with Crippen molar-refractivity contribution in [2.24, 2.45) is 5.41 Å². The third-order valence-corrected chi connectivity index (χ3v) is 6.19. The molecule has 2 aromatic carbocycles. The Balaban J connectivity index is 1.35. The number of anilines is 1. The van der Waals surface area contributed by atoms with Crippen LogP contribution >= 0.6 is 0 Å². The van der Waals surface area contributed by atoms with Crippen LogP contribution in [0.25, 0.3) is 11.1 Å². The summed E-state index contributed by atoms with van der Waals surface area (Å²) >= 11 is 0. The molecule has 0 bridgehead atoms. The molecule has 0 saturated carbocycles. The topological polar surface area (TPSA) is 49.6 Å². The average molecular weight is 375 g/mol. The largest absolute Gasteiger partial charge is 0.423 e. The highest BCUT2D eigenvalue weighted by molar-refractivity contribution is 5.85. The molecule has 2 aliphatic heterocycles. The van der Waals surface area contributed by atoms with Crippen LogP contribution in [-0.2, 0) is 11.3 Å². The smallest absolute Gasteiger partial charge is 0.298 e. The first kappa shape index (κ1) is 17.3. The molecule has 5 nitrogen and oxygen atoms in total. The van der Waals surface area contributed by atoms with E-state index >= 15 is 0 Å². The van der Waals surface area contributed by atoms with Gasteiger partial charge in [-0.2, -0.15) is 4.98 Å². The van der Waals surface area contributed by atoms with Crippen LogP contribution in [0.3, 0.4) is 0 Å². The van der Waals surface area contributed by atoms with E-state index in [1.165, 1.54) is 11.1 Å². The van der Waals surface area contributed by atoms with Crippen LogP contribution in [0.15, 0.2) is 52.9 Å². The number of para-hydroxylation sites is 2. The number of nitrogens with zero attached hydrogens (tertiary/aromatic N) is 3. The fourth-order valence-corrected chi connectivity index (χ4v) is 4.74. The van der Waals surface area contributed by atoms with Gasteiger partial charge in [0.2, 0.25) is 5.91 Å². The minimum Gasteiger partial charge on any atom is -0.423 e. The van der Waals surface area contributed by atoms with Gasteiger partial charge in [-0.15, -0.1) is 0 Å². The van der Waals surface area contributed by atoms with Crippen LogP contribution in [-0.4, -0.2) is 35.4 Å². The van der Waals surface area contributed by atoms with E-state index in [0.717, 1.165) is 43.5 Å². The molecular formula is C23H25N3O2. The molecule has 0 unspecified atom stereocenters. The first-order valence-electron chi connectivity index (χ1n) is 10.1. The van der Waals surface area contributed by atoms with Crippen molar-refractivity contribution in [1.82, 2.24) is 9.88 Å². The van der Waals surface area contributed by atoms with Gasteiger partial charge in [-0.25, -0.2) is 0 Å². The third-order valence-electron chi connectivity index (χ3n) is 6.19. The lowest BCUT2D eigenvalue weighted by atomic mass is 9.78. The average Bonchev–Trinajstić information content (AvgIpc) is 3.31. The van der Waals surface area contributed by atoms with Crippen LogP contribution < -0.4 is 4.90 Å². The van der Waals surface area contributed by atoms with Crippen molar-refractivity contribution < 1.29 is 9.21 Å². The van der Waals surface area contributed by atoms with Crippen molar-refractivity contribution in [3.05, 3.63) is 59.7 Å². The number of piperidine rings is 1. The molecule has 2 saturated heterocycles. The summed E-state index contributed by atoms with van der Waals surface area (Å²) in [6.45, 7) is 5.15. The Morgan fingerprint density at radius 3 is 2.86 bits per heavy atom. The standard InChI is InChI=1S/C23H25N3O2/c1-17-6-4-7-18(14-17)15-25-12-5-10-23(21(25)27)11-13-26(16-23)22-24-19-8-2-3-9-20(19)28-22/h2-4,6-9,14H,5,10-13,15-16H2,1H3/t23-/m0/s1. The fourth-order valence-electron chi connectivity index (χ4n) is 4.74. The highest BCUT2D eigenvalue weighted by Crippen LogP contribution is 2.42. The number of fused-ring (bicyclic) bond motifs is 1. The normalized spacial score (nSPS) is 22.5. The van der Waals surface area contributed by atoms with Gasteiger partial charge < -0.3 is 14.2 Å². The Hall–Kier alpha value is -2.82. The molecule has 5 heteroatoms. The molecule has 1 spiro atoms. The molecule has 1 amide bonds. The number of aromatic nitrogens is 1. The van der Waals surface area contributed by atoms with Gasteiger partial charge in [-0.05, 0) is 43.9 Å². The Morgan fingerprint density at radius 1 is 1.11 bits per heavy atom. The van der Waals surface area contributed by atoms with Crippen LogP contribution in [0, 0.1) is 12.3 Å². The summed E-state index contributed by atoms with van der Waals surface area (Å²) in [5.74, 6) is 0.291. The molecule has 0 aliphatic carbocycles. The molecule has 5 rings (SSSR count). The van der Waals surface area contributed by atoms with E-state index < -0.39 is 0 Å². The van der Waals surface area contributed by atoms with Crippen molar-refractivity contribution in [3.63, 3.8) is 0 Å². The van der Waals surface area contributed by atoms with Crippen molar-refractivity contribution in [2.45, 2.75) is 32.7 Å². The molecule has 144 valence electrons. The predicted molar refractivity (Wildman–Crippen MR) is 109 cm³/mol. The maximum Gasteiger partial charge on any atom is 0.298 e. The summed E-state index contributed by atoms with van der Waals surface area (Å²) in [6, 6.07) is 16.9. The van der Waals surface area contributed by atoms with Crippen molar-refractivity contribution in [1.29, 1.82) is 0 Å². The molecule has 2 fully saturated rings. The Labute approximate surface area is 165 Å². The Bertz CT molecular complexity index is 994. The summed E-state index contributed by atoms with van der Waals surface area (Å²) in [7, 11) is 0. The predicted octanol–water partition coefficient (Wildman–Crippen LogP) is 4.16. The van der Waals surface area contributed by atoms with Crippen LogP contribution in [0.4, 0.5) is 6.01 Å². The molecule has 0 N–H and O–H groups in total. The third kappa shape index (κ3) is 2.95. The maximum atomic E-state index is 13.4. The molecule has 1 atom stereocenters. The number of likely N-dealkylation sites (tertiary alicyclic amines) is 1. The Morgan fingerprint density at radius 2 is 2.00 bits per heavy atom. The zero-order chi connectivity index (χ0) is 19.1. The quantitative estimate of drug-likeness (QED) is 0.690. The van der Waals surface area contributed by atoms with Crippen LogP contribution in [0.1, 0.15) is 30.4 Å². The highest BCUT2D eigenvalue weighted by atomic mass is 16.4. The first-order chi connectivity index (χ1) is 13.6. The van der Waals surface area contributed by atoms with Gasteiger partial charge in [0.05, 0.1) is 5.41 Å². The lowest BCUT2D eigenvalue weighted by Gasteiger charge is -2.39. The number of aryl methyl sites for hydroxylation is 1. The maximum absolute atomic E-state index is 13.4. The van der Waals surface area contributed by atoms with E-state index in [4.69, 9.17) is 4.42 Å². The van der Waals surface area contributed by atoms with E-state index in [-0.39, 0.29) is 5.41 Å². The zero-order valence-corrected chi connectivity index (χ0v) is 16.2. The van der Waals surface area contributed by atoms with E-state index in [1.54, 1.807) is 0 Å². The zero-order valence-electron chi connectivity index (χ0n) is 16.2. The lowest BCUT2D eigenvalue weighted by molar-refractivity contribution is -0.145. The van der Waals surface area contributed by atoms with Gasteiger partial charge in [0, 0.05) is 26.2 Å². The molecule has 2 aliphatic rings. The van der Waals surface area contributed by atoms with Crippen molar-refractivity contribution in [3.8, 4) is 0 Å². The van der Waals surface area contributed by atoms with Gasteiger partial charge >= 0.3 is 0 Å². The Kier molecular flexibility index (Phi) is 4.11. The molecule has 28 heavy (non-hydrogen) atoms. The van der Waals surface area contributed by atoms with Gasteiger partial charge in [0.15, 0.2) is 5.58 Å². The van der Waals surface area contributed by atoms with E-state index in [2.05, 4.69) is 41.1 Å². The number of carbonyl (C=O) groups excluding carboxylic acids is 1. The number of hydrogen-bond acceptors (Lipinski definition) is 4. The van der Waals surface area contributed by atoms with E-state index in [1.807, 2.05) is 29.2 Å². The summed E-state index contributed by atoms with van der Waals surface area (Å²) in [6.07, 6.45) is 2.88. The van der Waals surface area contributed by atoms with Crippen molar-refractivity contribution in [2.75, 3.05) is 24.5 Å². The molecule has 1 aromatic heterocycles. The summed E-state index contributed by atoms with van der Waals surface area (Å²) in [5.41, 5.74) is 3.81. The van der Waals surface area contributed by atoms with Crippen molar-refractivity contribution >= 4 is 23.0 Å². The first-order valence-corrected chi connectivity index (χ1v) is 10.1. The number of oxazole rings is 1. The second kappa shape index (κ2) is 6.66. The molecule has 0 radical (unpaired) electrons. The number of amides is 1. The molecule has 3 aromatic rings. The van der Waals surface area contributed by atoms with Crippen LogP contribution in [0.5, 0.6) is 0 Å². The minimum atomic E-state index is -0.303.